The van der Waals surface area contributed by atoms with E-state index in [-0.39, 0.29) is 11.7 Å². The quantitative estimate of drug-likeness (QED) is 0.798. The van der Waals surface area contributed by atoms with Crippen LogP contribution >= 0.6 is 11.3 Å². The molecule has 2 aromatic heterocycles. The molecule has 0 saturated carbocycles. The van der Waals surface area contributed by atoms with E-state index in [0.717, 1.165) is 32.2 Å². The molecular weight excluding hydrogens is 256 g/mol. The van der Waals surface area contributed by atoms with Gasteiger partial charge in [-0.2, -0.15) is 0 Å². The smallest absolute Gasteiger partial charge is 0.205 e. The Morgan fingerprint density at radius 3 is 3.32 bits per heavy atom. The van der Waals surface area contributed by atoms with Crippen LogP contribution in [0.15, 0.2) is 23.8 Å². The Labute approximate surface area is 117 Å². The van der Waals surface area contributed by atoms with Crippen molar-refractivity contribution in [3.8, 4) is 0 Å². The van der Waals surface area contributed by atoms with Crippen molar-refractivity contribution in [1.82, 2.24) is 9.55 Å². The second-order valence-corrected chi connectivity index (χ2v) is 6.05. The Balaban J connectivity index is 1.91. The fourth-order valence-corrected chi connectivity index (χ4v) is 3.86. The number of carbonyl (C=O) groups is 1. The lowest BCUT2D eigenvalue weighted by molar-refractivity contribution is 0.0936. The van der Waals surface area contributed by atoms with Gasteiger partial charge in [-0.05, 0) is 42.7 Å². The number of aromatic nitrogens is 2. The van der Waals surface area contributed by atoms with E-state index >= 15 is 0 Å². The Hall–Kier alpha value is -1.42. The van der Waals surface area contributed by atoms with Gasteiger partial charge in [0.2, 0.25) is 5.78 Å². The Kier molecular flexibility index (Phi) is 3.51. The second kappa shape index (κ2) is 5.29. The van der Waals surface area contributed by atoms with Crippen molar-refractivity contribution in [2.75, 3.05) is 0 Å². The summed E-state index contributed by atoms with van der Waals surface area (Å²) < 4.78 is 1.99. The van der Waals surface area contributed by atoms with E-state index in [2.05, 4.69) is 23.4 Å². The molecule has 1 aliphatic rings. The summed E-state index contributed by atoms with van der Waals surface area (Å²) in [5.41, 5.74) is 1.24. The first-order valence-electron chi connectivity index (χ1n) is 6.93. The minimum atomic E-state index is 0.0213. The van der Waals surface area contributed by atoms with E-state index in [1.54, 1.807) is 17.5 Å². The van der Waals surface area contributed by atoms with Gasteiger partial charge in [-0.1, -0.05) is 6.92 Å². The molecule has 0 saturated heterocycles. The lowest BCUT2D eigenvalue weighted by Crippen LogP contribution is -2.21. The first kappa shape index (κ1) is 12.6. The van der Waals surface area contributed by atoms with Gasteiger partial charge in [-0.15, -0.1) is 11.3 Å². The van der Waals surface area contributed by atoms with Gasteiger partial charge in [-0.25, -0.2) is 4.98 Å². The van der Waals surface area contributed by atoms with Crippen LogP contribution in [0.1, 0.15) is 53.2 Å². The number of imidazole rings is 1. The first-order chi connectivity index (χ1) is 9.31. The Morgan fingerprint density at radius 2 is 2.47 bits per heavy atom. The third-order valence-corrected chi connectivity index (χ3v) is 4.77. The number of hydrogen-bond acceptors (Lipinski definition) is 3. The molecule has 3 rings (SSSR count). The Bertz CT molecular complexity index is 584. The average Bonchev–Trinajstić information content (AvgIpc) is 3.06. The Morgan fingerprint density at radius 1 is 1.58 bits per heavy atom. The van der Waals surface area contributed by atoms with E-state index in [4.69, 9.17) is 0 Å². The molecule has 0 fully saturated rings. The molecule has 2 aromatic rings. The highest BCUT2D eigenvalue weighted by Crippen LogP contribution is 2.36. The summed E-state index contributed by atoms with van der Waals surface area (Å²) in [4.78, 5) is 18.4. The van der Waals surface area contributed by atoms with Crippen molar-refractivity contribution in [3.05, 3.63) is 40.1 Å². The second-order valence-electron chi connectivity index (χ2n) is 5.05. The normalized spacial score (nSPS) is 18.3. The topological polar surface area (TPSA) is 34.9 Å². The maximum absolute atomic E-state index is 12.7. The molecule has 0 N–H and O–H groups in total. The molecule has 2 heterocycles. The largest absolute Gasteiger partial charge is 0.329 e. The number of aryl methyl sites for hydroxylation is 2. The van der Waals surface area contributed by atoms with Crippen molar-refractivity contribution in [2.45, 2.75) is 45.1 Å². The number of ketones is 1. The van der Waals surface area contributed by atoms with Crippen LogP contribution in [0, 0.1) is 0 Å². The molecule has 0 aliphatic heterocycles. The first-order valence-corrected chi connectivity index (χ1v) is 7.81. The number of nitrogens with zero attached hydrogens (tertiary/aromatic N) is 2. The van der Waals surface area contributed by atoms with Crippen LogP contribution in [0.3, 0.4) is 0 Å². The van der Waals surface area contributed by atoms with E-state index in [0.29, 0.717) is 5.82 Å². The third kappa shape index (κ3) is 2.25. The predicted molar refractivity (Wildman–Crippen MR) is 76.8 cm³/mol. The molecule has 1 aliphatic carbocycles. The van der Waals surface area contributed by atoms with Gasteiger partial charge in [0.25, 0.3) is 0 Å². The summed E-state index contributed by atoms with van der Waals surface area (Å²) in [6.07, 6.45) is 7.86. The maximum atomic E-state index is 12.7. The van der Waals surface area contributed by atoms with Crippen LogP contribution in [-0.4, -0.2) is 15.3 Å². The summed E-state index contributed by atoms with van der Waals surface area (Å²) in [6, 6.07) is 2.12. The SMILES string of the molecule is CCCn1ccnc1C(=O)C1CCCc2sccc21. The molecular formula is C15H18N2OS. The molecule has 0 bridgehead atoms. The van der Waals surface area contributed by atoms with Crippen LogP contribution in [0.25, 0.3) is 0 Å². The molecule has 0 radical (unpaired) electrons. The number of thiophene rings is 1. The molecule has 1 atom stereocenters. The number of carbonyl (C=O) groups excluding carboxylic acids is 1. The van der Waals surface area contributed by atoms with Gasteiger partial charge >= 0.3 is 0 Å². The minimum absolute atomic E-state index is 0.0213. The molecule has 1 unspecified atom stereocenters. The molecule has 3 nitrogen and oxygen atoms in total. The zero-order valence-corrected chi connectivity index (χ0v) is 11.9. The third-order valence-electron chi connectivity index (χ3n) is 3.77. The molecule has 0 amide bonds. The zero-order valence-electron chi connectivity index (χ0n) is 11.1. The van der Waals surface area contributed by atoms with Crippen molar-refractivity contribution < 1.29 is 4.79 Å². The minimum Gasteiger partial charge on any atom is -0.329 e. The van der Waals surface area contributed by atoms with Crippen LogP contribution in [-0.2, 0) is 13.0 Å². The molecule has 4 heteroatoms. The summed E-state index contributed by atoms with van der Waals surface area (Å²) in [5.74, 6) is 0.844. The highest BCUT2D eigenvalue weighted by atomic mass is 32.1. The lowest BCUT2D eigenvalue weighted by atomic mass is 9.84. The zero-order chi connectivity index (χ0) is 13.2. The monoisotopic (exact) mass is 274 g/mol. The summed E-state index contributed by atoms with van der Waals surface area (Å²) in [7, 11) is 0. The van der Waals surface area contributed by atoms with Gasteiger partial charge in [0.05, 0.1) is 5.92 Å². The fraction of sp³-hybridized carbons (Fsp3) is 0.467. The van der Waals surface area contributed by atoms with Crippen LogP contribution < -0.4 is 0 Å². The summed E-state index contributed by atoms with van der Waals surface area (Å²) in [5, 5.41) is 2.11. The van der Waals surface area contributed by atoms with E-state index in [1.165, 1.54) is 10.4 Å². The van der Waals surface area contributed by atoms with Crippen molar-refractivity contribution in [2.24, 2.45) is 0 Å². The van der Waals surface area contributed by atoms with Crippen molar-refractivity contribution in [3.63, 3.8) is 0 Å². The van der Waals surface area contributed by atoms with Gasteiger partial charge in [0.1, 0.15) is 0 Å². The predicted octanol–water partition coefficient (Wildman–Crippen LogP) is 3.66. The maximum Gasteiger partial charge on any atom is 0.205 e. The summed E-state index contributed by atoms with van der Waals surface area (Å²) in [6.45, 7) is 2.98. The fourth-order valence-electron chi connectivity index (χ4n) is 2.87. The van der Waals surface area contributed by atoms with Crippen LogP contribution in [0.4, 0.5) is 0 Å². The molecule has 100 valence electrons. The average molecular weight is 274 g/mol. The number of fused-ring (bicyclic) bond motifs is 1. The van der Waals surface area contributed by atoms with Crippen LogP contribution in [0.5, 0.6) is 0 Å². The standard InChI is InChI=1S/C15H18N2OS/c1-2-8-17-9-7-16-15(17)14(18)12-4-3-5-13-11(12)6-10-19-13/h6-7,9-10,12H,2-5,8H2,1H3. The van der Waals surface area contributed by atoms with E-state index in [9.17, 15) is 4.79 Å². The highest BCUT2D eigenvalue weighted by Gasteiger charge is 2.30. The highest BCUT2D eigenvalue weighted by molar-refractivity contribution is 7.10. The van der Waals surface area contributed by atoms with Crippen molar-refractivity contribution >= 4 is 17.1 Å². The number of hydrogen-bond donors (Lipinski definition) is 0. The molecule has 0 spiro atoms. The van der Waals surface area contributed by atoms with Gasteiger partial charge < -0.3 is 4.57 Å². The van der Waals surface area contributed by atoms with Gasteiger partial charge in [0.15, 0.2) is 5.82 Å². The molecule has 0 aromatic carbocycles. The van der Waals surface area contributed by atoms with Crippen LogP contribution in [0.2, 0.25) is 0 Å². The van der Waals surface area contributed by atoms with Gasteiger partial charge in [0, 0.05) is 23.8 Å². The number of Topliss-reactive ketones (excluding diaryl/α,β-unsaturated/α-hetero) is 1. The van der Waals surface area contributed by atoms with E-state index < -0.39 is 0 Å². The van der Waals surface area contributed by atoms with Gasteiger partial charge in [-0.3, -0.25) is 4.79 Å². The number of rotatable bonds is 4. The molecule has 19 heavy (non-hydrogen) atoms. The summed E-state index contributed by atoms with van der Waals surface area (Å²) >= 11 is 1.78. The van der Waals surface area contributed by atoms with Crippen molar-refractivity contribution in [1.29, 1.82) is 0 Å². The lowest BCUT2D eigenvalue weighted by Gasteiger charge is -2.21. The van der Waals surface area contributed by atoms with E-state index in [1.807, 2.05) is 10.8 Å².